The zero-order valence-corrected chi connectivity index (χ0v) is 14.8. The molecule has 0 atom stereocenters. The summed E-state index contributed by atoms with van der Waals surface area (Å²) in [5.74, 6) is 1.01. The highest BCUT2D eigenvalue weighted by atomic mass is 32.2. The fourth-order valence-electron chi connectivity index (χ4n) is 2.37. The summed E-state index contributed by atoms with van der Waals surface area (Å²) in [5, 5.41) is 15.1. The van der Waals surface area contributed by atoms with Crippen LogP contribution in [0.5, 0.6) is 0 Å². The van der Waals surface area contributed by atoms with Crippen LogP contribution in [0, 0.1) is 0 Å². The van der Waals surface area contributed by atoms with Crippen molar-refractivity contribution in [3.05, 3.63) is 72.3 Å². The first-order valence-electron chi connectivity index (χ1n) is 8.43. The Morgan fingerprint density at radius 1 is 1.00 bits per heavy atom. The van der Waals surface area contributed by atoms with Crippen molar-refractivity contribution in [1.82, 2.24) is 20.2 Å². The molecule has 25 heavy (non-hydrogen) atoms. The van der Waals surface area contributed by atoms with Crippen LogP contribution >= 0.6 is 11.8 Å². The van der Waals surface area contributed by atoms with Crippen LogP contribution in [0.2, 0.25) is 0 Å². The summed E-state index contributed by atoms with van der Waals surface area (Å²) >= 11 is 1.70. The third kappa shape index (κ3) is 5.55. The molecule has 0 amide bonds. The summed E-state index contributed by atoms with van der Waals surface area (Å²) in [6, 6.07) is 20.4. The van der Waals surface area contributed by atoms with Gasteiger partial charge in [-0.15, -0.1) is 5.10 Å². The molecule has 5 nitrogen and oxygen atoms in total. The Kier molecular flexibility index (Phi) is 6.79. The quantitative estimate of drug-likeness (QED) is 0.475. The standard InChI is InChI=1S/C19H21N5S/c1-3-9-17(10-4-1)11-7-14-20-15-8-16-25-19-21-22-23-24(19)18-12-5-2-6-13-18/h1-7,9-13,20H,8,14-16H2/p+1/b11-7+. The van der Waals surface area contributed by atoms with Gasteiger partial charge in [-0.05, 0) is 34.2 Å². The molecule has 0 aliphatic rings. The van der Waals surface area contributed by atoms with Crippen molar-refractivity contribution in [2.75, 3.05) is 18.8 Å². The molecule has 2 N–H and O–H groups in total. The lowest BCUT2D eigenvalue weighted by molar-refractivity contribution is -0.645. The van der Waals surface area contributed by atoms with Crippen LogP contribution in [0.1, 0.15) is 12.0 Å². The minimum absolute atomic E-state index is 0.843. The minimum atomic E-state index is 0.843. The van der Waals surface area contributed by atoms with Crippen LogP contribution in [0.4, 0.5) is 0 Å². The molecule has 1 aromatic heterocycles. The normalized spacial score (nSPS) is 11.2. The van der Waals surface area contributed by atoms with E-state index in [-0.39, 0.29) is 0 Å². The van der Waals surface area contributed by atoms with Crippen LogP contribution in [0.25, 0.3) is 11.8 Å². The average molecular weight is 352 g/mol. The third-order valence-electron chi connectivity index (χ3n) is 3.64. The number of aromatic nitrogens is 4. The molecule has 0 unspecified atom stereocenters. The summed E-state index contributed by atoms with van der Waals surface area (Å²) in [7, 11) is 0. The second kappa shape index (κ2) is 9.76. The van der Waals surface area contributed by atoms with Gasteiger partial charge in [0.1, 0.15) is 0 Å². The van der Waals surface area contributed by atoms with Gasteiger partial charge in [-0.3, -0.25) is 0 Å². The van der Waals surface area contributed by atoms with E-state index in [4.69, 9.17) is 0 Å². The number of hydrogen-bond donors (Lipinski definition) is 1. The van der Waals surface area contributed by atoms with E-state index in [2.05, 4.69) is 57.3 Å². The number of tetrazole rings is 1. The van der Waals surface area contributed by atoms with E-state index in [9.17, 15) is 0 Å². The van der Waals surface area contributed by atoms with Crippen LogP contribution in [-0.4, -0.2) is 39.0 Å². The maximum absolute atomic E-state index is 4.12. The van der Waals surface area contributed by atoms with Gasteiger partial charge in [0.2, 0.25) is 5.16 Å². The van der Waals surface area contributed by atoms with Gasteiger partial charge < -0.3 is 5.32 Å². The maximum Gasteiger partial charge on any atom is 0.214 e. The van der Waals surface area contributed by atoms with Gasteiger partial charge in [0.25, 0.3) is 0 Å². The largest absolute Gasteiger partial charge is 0.343 e. The van der Waals surface area contributed by atoms with Gasteiger partial charge >= 0.3 is 0 Å². The number of nitrogens with two attached hydrogens (primary N) is 1. The van der Waals surface area contributed by atoms with Gasteiger partial charge in [0, 0.05) is 12.2 Å². The van der Waals surface area contributed by atoms with Gasteiger partial charge in [0.15, 0.2) is 0 Å². The molecule has 0 bridgehead atoms. The number of rotatable bonds is 9. The highest BCUT2D eigenvalue weighted by Gasteiger charge is 2.08. The topological polar surface area (TPSA) is 60.2 Å². The Morgan fingerprint density at radius 2 is 1.76 bits per heavy atom. The van der Waals surface area contributed by atoms with Crippen molar-refractivity contribution in [2.45, 2.75) is 11.6 Å². The molecule has 0 aliphatic carbocycles. The second-order valence-corrected chi connectivity index (χ2v) is 6.60. The predicted molar refractivity (Wildman–Crippen MR) is 102 cm³/mol. The number of para-hydroxylation sites is 1. The summed E-state index contributed by atoms with van der Waals surface area (Å²) < 4.78 is 1.79. The predicted octanol–water partition coefficient (Wildman–Crippen LogP) is 2.42. The lowest BCUT2D eigenvalue weighted by Gasteiger charge is -2.03. The third-order valence-corrected chi connectivity index (χ3v) is 4.64. The highest BCUT2D eigenvalue weighted by molar-refractivity contribution is 7.99. The number of nitrogens with zero attached hydrogens (tertiary/aromatic N) is 4. The van der Waals surface area contributed by atoms with E-state index in [1.165, 1.54) is 5.56 Å². The lowest BCUT2D eigenvalue weighted by atomic mass is 10.2. The molecule has 3 aromatic rings. The number of thioether (sulfide) groups is 1. The molecule has 0 fully saturated rings. The van der Waals surface area contributed by atoms with Crippen molar-refractivity contribution >= 4 is 17.8 Å². The van der Waals surface area contributed by atoms with Gasteiger partial charge in [-0.1, -0.05) is 66.4 Å². The van der Waals surface area contributed by atoms with E-state index in [0.29, 0.717) is 0 Å². The first-order valence-corrected chi connectivity index (χ1v) is 9.42. The molecular weight excluding hydrogens is 330 g/mol. The highest BCUT2D eigenvalue weighted by Crippen LogP contribution is 2.18. The van der Waals surface area contributed by atoms with E-state index >= 15 is 0 Å². The lowest BCUT2D eigenvalue weighted by Crippen LogP contribution is -2.84. The van der Waals surface area contributed by atoms with Crippen LogP contribution in [-0.2, 0) is 0 Å². The molecular formula is C19H22N5S+. The van der Waals surface area contributed by atoms with Crippen LogP contribution in [0.15, 0.2) is 71.9 Å². The number of hydrogen-bond acceptors (Lipinski definition) is 4. The van der Waals surface area contributed by atoms with Gasteiger partial charge in [-0.2, -0.15) is 4.68 Å². The average Bonchev–Trinajstić information content (AvgIpc) is 3.14. The fraction of sp³-hybridized carbons (Fsp3) is 0.211. The van der Waals surface area contributed by atoms with Crippen molar-refractivity contribution in [2.24, 2.45) is 0 Å². The molecule has 3 rings (SSSR count). The van der Waals surface area contributed by atoms with E-state index in [1.54, 1.807) is 16.4 Å². The zero-order chi connectivity index (χ0) is 17.2. The first kappa shape index (κ1) is 17.4. The molecule has 0 spiro atoms. The molecule has 1 heterocycles. The Morgan fingerprint density at radius 3 is 2.56 bits per heavy atom. The minimum Gasteiger partial charge on any atom is -0.343 e. The van der Waals surface area contributed by atoms with Crippen LogP contribution < -0.4 is 5.32 Å². The van der Waals surface area contributed by atoms with Gasteiger partial charge in [-0.25, -0.2) is 0 Å². The fourth-order valence-corrected chi connectivity index (χ4v) is 3.23. The second-order valence-electron chi connectivity index (χ2n) is 5.54. The van der Waals surface area contributed by atoms with Crippen molar-refractivity contribution in [1.29, 1.82) is 0 Å². The molecule has 2 aromatic carbocycles. The van der Waals surface area contributed by atoms with E-state index in [0.717, 1.165) is 36.1 Å². The summed E-state index contributed by atoms with van der Waals surface area (Å²) in [6.45, 7) is 2.10. The Balaban J connectivity index is 1.34. The summed E-state index contributed by atoms with van der Waals surface area (Å²) in [4.78, 5) is 0. The number of benzene rings is 2. The molecule has 0 radical (unpaired) electrons. The van der Waals surface area contributed by atoms with E-state index in [1.807, 2.05) is 36.4 Å². The SMILES string of the molecule is C(=C\c1ccccc1)/C[NH2+]CCCSc1nnnn1-c1ccccc1. The van der Waals surface area contributed by atoms with Gasteiger partial charge in [0.05, 0.1) is 18.8 Å². The molecule has 0 aliphatic heterocycles. The zero-order valence-electron chi connectivity index (χ0n) is 14.0. The Hall–Kier alpha value is -2.44. The monoisotopic (exact) mass is 352 g/mol. The summed E-state index contributed by atoms with van der Waals surface area (Å²) in [5.41, 5.74) is 2.24. The van der Waals surface area contributed by atoms with Crippen molar-refractivity contribution < 1.29 is 5.32 Å². The molecule has 0 saturated carbocycles. The first-order chi connectivity index (χ1) is 12.4. The van der Waals surface area contributed by atoms with Crippen molar-refractivity contribution in [3.63, 3.8) is 0 Å². The maximum atomic E-state index is 4.12. The van der Waals surface area contributed by atoms with E-state index < -0.39 is 0 Å². The smallest absolute Gasteiger partial charge is 0.214 e. The van der Waals surface area contributed by atoms with Crippen LogP contribution in [0.3, 0.4) is 0 Å². The number of quaternary nitrogens is 1. The Bertz CT molecular complexity index is 771. The summed E-state index contributed by atoms with van der Waals surface area (Å²) in [6.07, 6.45) is 5.49. The molecule has 128 valence electrons. The molecule has 0 saturated heterocycles. The molecule has 6 heteroatoms. The Labute approximate surface area is 152 Å². The van der Waals surface area contributed by atoms with Crippen molar-refractivity contribution in [3.8, 4) is 5.69 Å².